The number of carboxylic acids is 1. The number of carbonyl (C=O) groups is 1. The SMILES string of the molecule is O=C(O)c1cncc([N+](=O)[O-])c1C(F)F. The van der Waals surface area contributed by atoms with Gasteiger partial charge in [-0.15, -0.1) is 0 Å². The molecule has 0 aliphatic rings. The van der Waals surface area contributed by atoms with Gasteiger partial charge in [0.05, 0.1) is 10.5 Å². The predicted molar refractivity (Wildman–Crippen MR) is 42.8 cm³/mol. The van der Waals surface area contributed by atoms with Crippen LogP contribution in [0.2, 0.25) is 0 Å². The topological polar surface area (TPSA) is 93.3 Å². The molecule has 0 aromatic carbocycles. The molecule has 15 heavy (non-hydrogen) atoms. The number of nitro groups is 1. The third kappa shape index (κ3) is 2.03. The van der Waals surface area contributed by atoms with Gasteiger partial charge in [-0.2, -0.15) is 0 Å². The van der Waals surface area contributed by atoms with Crippen molar-refractivity contribution in [3.63, 3.8) is 0 Å². The van der Waals surface area contributed by atoms with Crippen LogP contribution in [0, 0.1) is 10.1 Å². The molecule has 0 bridgehead atoms. The maximum Gasteiger partial charge on any atom is 0.338 e. The van der Waals surface area contributed by atoms with Crippen LogP contribution >= 0.6 is 0 Å². The van der Waals surface area contributed by atoms with Gasteiger partial charge < -0.3 is 5.11 Å². The van der Waals surface area contributed by atoms with Crippen LogP contribution in [0.1, 0.15) is 22.3 Å². The van der Waals surface area contributed by atoms with Crippen LogP contribution in [0.4, 0.5) is 14.5 Å². The molecule has 0 fully saturated rings. The van der Waals surface area contributed by atoms with Crippen LogP contribution < -0.4 is 0 Å². The van der Waals surface area contributed by atoms with Crippen molar-refractivity contribution >= 4 is 11.7 Å². The van der Waals surface area contributed by atoms with Crippen molar-refractivity contribution in [3.8, 4) is 0 Å². The van der Waals surface area contributed by atoms with Gasteiger partial charge in [0, 0.05) is 6.20 Å². The third-order valence-electron chi connectivity index (χ3n) is 1.61. The van der Waals surface area contributed by atoms with Gasteiger partial charge >= 0.3 is 5.97 Å². The third-order valence-corrected chi connectivity index (χ3v) is 1.61. The smallest absolute Gasteiger partial charge is 0.338 e. The Morgan fingerprint density at radius 3 is 2.53 bits per heavy atom. The van der Waals surface area contributed by atoms with Crippen LogP contribution in [-0.4, -0.2) is 21.0 Å². The summed E-state index contributed by atoms with van der Waals surface area (Å²) in [6, 6.07) is 0. The van der Waals surface area contributed by atoms with Gasteiger partial charge in [0.2, 0.25) is 0 Å². The molecule has 1 rings (SSSR count). The Labute approximate surface area is 81.3 Å². The van der Waals surface area contributed by atoms with Crippen LogP contribution in [0.25, 0.3) is 0 Å². The van der Waals surface area contributed by atoms with E-state index in [9.17, 15) is 23.7 Å². The molecule has 0 spiro atoms. The zero-order valence-corrected chi connectivity index (χ0v) is 7.05. The average molecular weight is 218 g/mol. The quantitative estimate of drug-likeness (QED) is 0.614. The Kier molecular flexibility index (Phi) is 2.88. The normalized spacial score (nSPS) is 10.3. The molecule has 0 atom stereocenters. The largest absolute Gasteiger partial charge is 0.478 e. The second-order valence-corrected chi connectivity index (χ2v) is 2.48. The summed E-state index contributed by atoms with van der Waals surface area (Å²) in [5, 5.41) is 18.9. The maximum absolute atomic E-state index is 12.4. The second-order valence-electron chi connectivity index (χ2n) is 2.48. The first-order valence-corrected chi connectivity index (χ1v) is 3.59. The molecular weight excluding hydrogens is 214 g/mol. The molecule has 0 aliphatic carbocycles. The molecule has 8 heteroatoms. The highest BCUT2D eigenvalue weighted by Gasteiger charge is 2.28. The summed E-state index contributed by atoms with van der Waals surface area (Å²) < 4.78 is 24.8. The molecule has 6 nitrogen and oxygen atoms in total. The van der Waals surface area contributed by atoms with E-state index in [1.165, 1.54) is 0 Å². The highest BCUT2D eigenvalue weighted by molar-refractivity contribution is 5.90. The van der Waals surface area contributed by atoms with E-state index >= 15 is 0 Å². The fourth-order valence-electron chi connectivity index (χ4n) is 1.00. The number of nitrogens with zero attached hydrogens (tertiary/aromatic N) is 2. The van der Waals surface area contributed by atoms with Gasteiger partial charge in [-0.25, -0.2) is 13.6 Å². The summed E-state index contributed by atoms with van der Waals surface area (Å²) in [4.78, 5) is 23.0. The number of halogens is 2. The van der Waals surface area contributed by atoms with E-state index in [1.54, 1.807) is 0 Å². The molecule has 1 N–H and O–H groups in total. The minimum absolute atomic E-state index is 0.591. The number of hydrogen-bond donors (Lipinski definition) is 1. The number of hydrogen-bond acceptors (Lipinski definition) is 4. The summed E-state index contributed by atoms with van der Waals surface area (Å²) in [6.45, 7) is 0. The standard InChI is InChI=1S/C7H4F2N2O4/c8-6(9)5-3(7(12)13)1-10-2-4(5)11(14)15/h1-2,6H,(H,12,13). The van der Waals surface area contributed by atoms with E-state index in [4.69, 9.17) is 5.11 Å². The summed E-state index contributed by atoms with van der Waals surface area (Å²) in [6.07, 6.45) is -2.00. The van der Waals surface area contributed by atoms with Crippen LogP contribution in [0.15, 0.2) is 12.4 Å². The Balaban J connectivity index is 3.48. The van der Waals surface area contributed by atoms with Gasteiger partial charge in [-0.05, 0) is 0 Å². The summed E-state index contributed by atoms with van der Waals surface area (Å²) in [5.41, 5.74) is -2.98. The van der Waals surface area contributed by atoms with E-state index in [2.05, 4.69) is 4.98 Å². The minimum atomic E-state index is -3.24. The van der Waals surface area contributed by atoms with E-state index in [0.29, 0.717) is 12.4 Å². The van der Waals surface area contributed by atoms with Crippen molar-refractivity contribution < 1.29 is 23.6 Å². The Morgan fingerprint density at radius 2 is 2.13 bits per heavy atom. The first-order chi connectivity index (χ1) is 6.95. The van der Waals surface area contributed by atoms with Crippen LogP contribution in [0.3, 0.4) is 0 Å². The molecular formula is C7H4F2N2O4. The molecule has 0 amide bonds. The molecule has 0 unspecified atom stereocenters. The first kappa shape index (κ1) is 11.0. The lowest BCUT2D eigenvalue weighted by atomic mass is 10.1. The molecule has 0 radical (unpaired) electrons. The van der Waals surface area contributed by atoms with E-state index in [-0.39, 0.29) is 0 Å². The lowest BCUT2D eigenvalue weighted by Crippen LogP contribution is -2.07. The van der Waals surface area contributed by atoms with Gasteiger partial charge in [-0.3, -0.25) is 15.1 Å². The molecule has 1 aromatic heterocycles. The highest BCUT2D eigenvalue weighted by Crippen LogP contribution is 2.30. The lowest BCUT2D eigenvalue weighted by molar-refractivity contribution is -0.386. The second kappa shape index (κ2) is 3.95. The Hall–Kier alpha value is -2.12. The molecule has 0 saturated heterocycles. The molecule has 80 valence electrons. The fourth-order valence-corrected chi connectivity index (χ4v) is 1.00. The van der Waals surface area contributed by atoms with Gasteiger partial charge in [0.15, 0.2) is 0 Å². The average Bonchev–Trinajstić information content (AvgIpc) is 2.16. The zero-order chi connectivity index (χ0) is 11.6. The number of aromatic carboxylic acids is 1. The van der Waals surface area contributed by atoms with Crippen molar-refractivity contribution in [2.75, 3.05) is 0 Å². The van der Waals surface area contributed by atoms with Crippen LogP contribution in [0.5, 0.6) is 0 Å². The number of carboxylic acid groups (broad SMARTS) is 1. The predicted octanol–water partition coefficient (Wildman–Crippen LogP) is 1.63. The van der Waals surface area contributed by atoms with Crippen LogP contribution in [-0.2, 0) is 0 Å². The first-order valence-electron chi connectivity index (χ1n) is 3.59. The minimum Gasteiger partial charge on any atom is -0.478 e. The highest BCUT2D eigenvalue weighted by atomic mass is 19.3. The maximum atomic E-state index is 12.4. The summed E-state index contributed by atoms with van der Waals surface area (Å²) >= 11 is 0. The van der Waals surface area contributed by atoms with Crippen molar-refractivity contribution in [2.24, 2.45) is 0 Å². The van der Waals surface area contributed by atoms with Gasteiger partial charge in [0.1, 0.15) is 11.8 Å². The van der Waals surface area contributed by atoms with Crippen molar-refractivity contribution in [2.45, 2.75) is 6.43 Å². The van der Waals surface area contributed by atoms with E-state index in [0.717, 1.165) is 0 Å². The number of pyridine rings is 1. The van der Waals surface area contributed by atoms with Gasteiger partial charge in [-0.1, -0.05) is 0 Å². The summed E-state index contributed by atoms with van der Waals surface area (Å²) in [7, 11) is 0. The summed E-state index contributed by atoms with van der Waals surface area (Å²) in [5.74, 6) is -1.68. The number of aromatic nitrogens is 1. The Morgan fingerprint density at radius 1 is 1.53 bits per heavy atom. The fraction of sp³-hybridized carbons (Fsp3) is 0.143. The van der Waals surface area contributed by atoms with E-state index in [1.807, 2.05) is 0 Å². The van der Waals surface area contributed by atoms with Gasteiger partial charge in [0.25, 0.3) is 12.1 Å². The number of alkyl halides is 2. The molecule has 1 aromatic rings. The zero-order valence-electron chi connectivity index (χ0n) is 7.05. The van der Waals surface area contributed by atoms with Crippen molar-refractivity contribution in [1.82, 2.24) is 4.98 Å². The van der Waals surface area contributed by atoms with Crippen molar-refractivity contribution in [1.29, 1.82) is 0 Å². The van der Waals surface area contributed by atoms with Crippen molar-refractivity contribution in [3.05, 3.63) is 33.6 Å². The molecule has 0 saturated carbocycles. The lowest BCUT2D eigenvalue weighted by Gasteiger charge is -2.04. The molecule has 1 heterocycles. The molecule has 0 aliphatic heterocycles. The monoisotopic (exact) mass is 218 g/mol. The number of rotatable bonds is 3. The van der Waals surface area contributed by atoms with E-state index < -0.39 is 34.1 Å². The Bertz CT molecular complexity index is 389.